The first-order valence-corrected chi connectivity index (χ1v) is 11.6. The van der Waals surface area contributed by atoms with Crippen LogP contribution in [0.5, 0.6) is 0 Å². The largest absolute Gasteiger partial charge is 0.474 e. The van der Waals surface area contributed by atoms with Crippen LogP contribution >= 0.6 is 15.6 Å². The van der Waals surface area contributed by atoms with Crippen molar-refractivity contribution in [3.63, 3.8) is 0 Å². The van der Waals surface area contributed by atoms with Gasteiger partial charge in [0, 0.05) is 14.2 Å². The summed E-state index contributed by atoms with van der Waals surface area (Å²) in [6.07, 6.45) is 6.81. The van der Waals surface area contributed by atoms with E-state index in [9.17, 15) is 9.13 Å². The molecular formula is C15H36O8P2. The Balaban J connectivity index is 0. The zero-order valence-corrected chi connectivity index (χ0v) is 18.2. The fraction of sp³-hybridized carbons (Fsp3) is 1.00. The molecule has 0 amide bonds. The lowest BCUT2D eigenvalue weighted by atomic mass is 10.0. The van der Waals surface area contributed by atoms with Gasteiger partial charge in [-0.25, -0.2) is 9.13 Å². The third kappa shape index (κ3) is 18.8. The van der Waals surface area contributed by atoms with Gasteiger partial charge in [0.1, 0.15) is 0 Å². The predicted octanol–water partition coefficient (Wildman–Crippen LogP) is 5.05. The zero-order chi connectivity index (χ0) is 20.0. The van der Waals surface area contributed by atoms with E-state index in [1.54, 1.807) is 13.8 Å². The van der Waals surface area contributed by atoms with Crippen LogP contribution in [0.25, 0.3) is 0 Å². The van der Waals surface area contributed by atoms with Gasteiger partial charge in [0.05, 0.1) is 12.2 Å². The van der Waals surface area contributed by atoms with Crippen molar-refractivity contribution >= 4 is 15.6 Å². The molecule has 0 fully saturated rings. The lowest BCUT2D eigenvalue weighted by Gasteiger charge is -2.24. The van der Waals surface area contributed by atoms with Crippen LogP contribution < -0.4 is 0 Å². The van der Waals surface area contributed by atoms with Crippen LogP contribution in [0, 0.1) is 0 Å². The molecule has 0 heterocycles. The maximum Gasteiger partial charge on any atom is 0.474 e. The standard InChI is InChI=1S/C8H19O4P.C7H17O4P/c1-4-5-6-7-8(2,3)12-13(9,10)11;1-4-5-6-7-11-12(8,9-2)10-3/h4-7H2,1-3H3,(H2,9,10,11);4-7H2,1-3H3. The fourth-order valence-corrected chi connectivity index (χ4v) is 3.32. The third-order valence-electron chi connectivity index (χ3n) is 3.19. The molecule has 0 spiro atoms. The Hall–Kier alpha value is 0.220. The molecule has 0 unspecified atom stereocenters. The summed E-state index contributed by atoms with van der Waals surface area (Å²) >= 11 is 0. The molecule has 0 aliphatic heterocycles. The highest BCUT2D eigenvalue weighted by Gasteiger charge is 2.28. The van der Waals surface area contributed by atoms with Crippen LogP contribution in [-0.4, -0.2) is 36.2 Å². The minimum Gasteiger partial charge on any atom is -0.303 e. The van der Waals surface area contributed by atoms with E-state index in [0.29, 0.717) is 13.0 Å². The summed E-state index contributed by atoms with van der Waals surface area (Å²) in [4.78, 5) is 17.2. The molecule has 0 aliphatic carbocycles. The van der Waals surface area contributed by atoms with E-state index in [1.165, 1.54) is 14.2 Å². The van der Waals surface area contributed by atoms with Crippen LogP contribution in [0.4, 0.5) is 0 Å². The van der Waals surface area contributed by atoms with Gasteiger partial charge in [-0.05, 0) is 26.7 Å². The molecule has 0 aromatic rings. The molecule has 0 saturated carbocycles. The molecule has 10 heteroatoms. The maximum absolute atomic E-state index is 11.2. The van der Waals surface area contributed by atoms with Crippen molar-refractivity contribution in [2.24, 2.45) is 0 Å². The van der Waals surface area contributed by atoms with E-state index in [1.807, 2.05) is 0 Å². The van der Waals surface area contributed by atoms with E-state index >= 15 is 0 Å². The predicted molar refractivity (Wildman–Crippen MR) is 98.5 cm³/mol. The van der Waals surface area contributed by atoms with Crippen LogP contribution in [0.15, 0.2) is 0 Å². The van der Waals surface area contributed by atoms with Gasteiger partial charge < -0.3 is 9.79 Å². The summed E-state index contributed by atoms with van der Waals surface area (Å²) in [6.45, 7) is 7.99. The highest BCUT2D eigenvalue weighted by atomic mass is 31.2. The van der Waals surface area contributed by atoms with Crippen LogP contribution in [-0.2, 0) is 27.2 Å². The van der Waals surface area contributed by atoms with Gasteiger partial charge in [0.2, 0.25) is 0 Å². The van der Waals surface area contributed by atoms with E-state index in [4.69, 9.17) is 14.3 Å². The van der Waals surface area contributed by atoms with E-state index in [2.05, 4.69) is 27.4 Å². The van der Waals surface area contributed by atoms with Gasteiger partial charge >= 0.3 is 15.6 Å². The Morgan fingerprint density at radius 1 is 0.880 bits per heavy atom. The fourth-order valence-electron chi connectivity index (χ4n) is 1.88. The molecule has 0 saturated heterocycles. The van der Waals surface area contributed by atoms with Crippen molar-refractivity contribution in [2.45, 2.75) is 78.2 Å². The van der Waals surface area contributed by atoms with Crippen molar-refractivity contribution in [3.05, 3.63) is 0 Å². The molecule has 154 valence electrons. The normalized spacial score (nSPS) is 12.6. The summed E-state index contributed by atoms with van der Waals surface area (Å²) in [5.74, 6) is 0. The quantitative estimate of drug-likeness (QED) is 0.323. The summed E-state index contributed by atoms with van der Waals surface area (Å²) in [5, 5.41) is 0. The number of unbranched alkanes of at least 4 members (excludes halogenated alkanes) is 4. The molecule has 0 rings (SSSR count). The smallest absolute Gasteiger partial charge is 0.303 e. The van der Waals surface area contributed by atoms with Gasteiger partial charge in [-0.3, -0.25) is 18.1 Å². The summed E-state index contributed by atoms with van der Waals surface area (Å²) in [5.41, 5.74) is -0.728. The highest BCUT2D eigenvalue weighted by Crippen LogP contribution is 2.47. The average molecular weight is 406 g/mol. The SMILES string of the molecule is CCCCCC(C)(C)OP(=O)(O)O.CCCCCOP(=O)(OC)OC. The van der Waals surface area contributed by atoms with Crippen molar-refractivity contribution in [2.75, 3.05) is 20.8 Å². The molecule has 0 bridgehead atoms. The van der Waals surface area contributed by atoms with E-state index < -0.39 is 21.2 Å². The Morgan fingerprint density at radius 3 is 1.76 bits per heavy atom. The monoisotopic (exact) mass is 406 g/mol. The summed E-state index contributed by atoms with van der Waals surface area (Å²) < 4.78 is 40.5. The van der Waals surface area contributed by atoms with Crippen molar-refractivity contribution in [1.82, 2.24) is 0 Å². The summed E-state index contributed by atoms with van der Waals surface area (Å²) in [7, 11) is -4.94. The van der Waals surface area contributed by atoms with Crippen molar-refractivity contribution in [1.29, 1.82) is 0 Å². The topological polar surface area (TPSA) is 112 Å². The lowest BCUT2D eigenvalue weighted by Crippen LogP contribution is -2.22. The second-order valence-electron chi connectivity index (χ2n) is 6.15. The number of hydrogen-bond acceptors (Lipinski definition) is 6. The van der Waals surface area contributed by atoms with Gasteiger partial charge in [0.15, 0.2) is 0 Å². The second kappa shape index (κ2) is 14.3. The zero-order valence-electron chi connectivity index (χ0n) is 16.4. The van der Waals surface area contributed by atoms with Crippen LogP contribution in [0.3, 0.4) is 0 Å². The molecular weight excluding hydrogens is 370 g/mol. The highest BCUT2D eigenvalue weighted by molar-refractivity contribution is 7.48. The maximum atomic E-state index is 11.2. The van der Waals surface area contributed by atoms with Gasteiger partial charge in [-0.1, -0.05) is 46.0 Å². The van der Waals surface area contributed by atoms with Crippen molar-refractivity contribution in [3.8, 4) is 0 Å². The van der Waals surface area contributed by atoms with E-state index in [0.717, 1.165) is 38.5 Å². The van der Waals surface area contributed by atoms with Gasteiger partial charge in [-0.2, -0.15) is 0 Å². The van der Waals surface area contributed by atoms with Gasteiger partial charge in [0.25, 0.3) is 0 Å². The molecule has 0 aromatic carbocycles. The van der Waals surface area contributed by atoms with Gasteiger partial charge in [-0.15, -0.1) is 0 Å². The lowest BCUT2D eigenvalue weighted by molar-refractivity contribution is 0.0558. The minimum absolute atomic E-state index is 0.423. The first kappa shape index (κ1) is 27.4. The Bertz CT molecular complexity index is 400. The van der Waals surface area contributed by atoms with Crippen molar-refractivity contribution < 1.29 is 37.0 Å². The molecule has 25 heavy (non-hydrogen) atoms. The van der Waals surface area contributed by atoms with Crippen LogP contribution in [0.2, 0.25) is 0 Å². The number of phosphoric ester groups is 2. The Kier molecular flexibility index (Phi) is 15.7. The van der Waals surface area contributed by atoms with E-state index in [-0.39, 0.29) is 0 Å². The first-order valence-electron chi connectivity index (χ1n) is 8.57. The second-order valence-corrected chi connectivity index (χ2v) is 9.20. The number of hydrogen-bond donors (Lipinski definition) is 2. The number of rotatable bonds is 13. The Morgan fingerprint density at radius 2 is 1.36 bits per heavy atom. The molecule has 8 nitrogen and oxygen atoms in total. The number of phosphoric acid groups is 2. The Labute approximate surface area is 152 Å². The average Bonchev–Trinajstić information content (AvgIpc) is 2.50. The summed E-state index contributed by atoms with van der Waals surface area (Å²) in [6, 6.07) is 0. The molecule has 2 N–H and O–H groups in total. The molecule has 0 atom stereocenters. The van der Waals surface area contributed by atoms with Crippen LogP contribution in [0.1, 0.15) is 72.6 Å². The molecule has 0 aliphatic rings. The molecule has 0 radical (unpaired) electrons. The minimum atomic E-state index is -4.34. The third-order valence-corrected chi connectivity index (χ3v) is 5.32. The first-order chi connectivity index (χ1) is 11.4. The molecule has 0 aromatic heterocycles.